The third-order valence-electron chi connectivity index (χ3n) is 2.93. The van der Waals surface area contributed by atoms with Gasteiger partial charge >= 0.3 is 12.1 Å². The molecule has 1 N–H and O–H groups in total. The molecule has 0 spiro atoms. The number of rotatable bonds is 4. The van der Waals surface area contributed by atoms with Crippen molar-refractivity contribution < 1.29 is 31.2 Å². The predicted octanol–water partition coefficient (Wildman–Crippen LogP) is 3.79. The molecular weight excluding hydrogens is 325 g/mol. The molecule has 0 saturated heterocycles. The molecule has 2 aromatic heterocycles. The van der Waals surface area contributed by atoms with E-state index in [1.165, 1.54) is 0 Å². The quantitative estimate of drug-likeness (QED) is 0.738. The molecule has 122 valence electrons. The number of aromatic nitrogens is 3. The fraction of sp³-hybridized carbons (Fsp3) is 0.231. The third kappa shape index (κ3) is 2.96. The molecule has 0 aliphatic carbocycles. The van der Waals surface area contributed by atoms with Crippen molar-refractivity contribution in [3.63, 3.8) is 0 Å². The lowest BCUT2D eigenvalue weighted by Crippen LogP contribution is -2.41. The van der Waals surface area contributed by atoms with Crippen molar-refractivity contribution in [1.82, 2.24) is 15.1 Å². The monoisotopic (exact) mass is 333 g/mol. The number of nitrogens with zero attached hydrogens (tertiary/aromatic N) is 2. The van der Waals surface area contributed by atoms with Crippen molar-refractivity contribution in [3.05, 3.63) is 30.3 Å². The second-order valence-corrected chi connectivity index (χ2v) is 4.62. The molecule has 0 aliphatic rings. The van der Waals surface area contributed by atoms with Crippen molar-refractivity contribution in [2.24, 2.45) is 0 Å². The molecular formula is C13H8F5N3O2. The predicted molar refractivity (Wildman–Crippen MR) is 68.1 cm³/mol. The minimum absolute atomic E-state index is 0.0477. The van der Waals surface area contributed by atoms with Gasteiger partial charge in [0, 0.05) is 0 Å². The van der Waals surface area contributed by atoms with E-state index >= 15 is 0 Å². The summed E-state index contributed by atoms with van der Waals surface area (Å²) >= 11 is 0. The maximum Gasteiger partial charge on any atom is 0.456 e. The Morgan fingerprint density at radius 2 is 1.87 bits per heavy atom. The summed E-state index contributed by atoms with van der Waals surface area (Å²) in [5.41, 5.74) is 1.33. The van der Waals surface area contributed by atoms with Gasteiger partial charge in [-0.05, 0) is 17.3 Å². The molecule has 0 atom stereocenters. The van der Waals surface area contributed by atoms with Gasteiger partial charge in [-0.3, -0.25) is 0 Å². The summed E-state index contributed by atoms with van der Waals surface area (Å²) in [5, 5.41) is 3.29. The Balaban J connectivity index is 1.76. The molecule has 3 rings (SSSR count). The SMILES string of the molecule is FC(F)(F)C(F)(F)COc1cc(-c2nc3ccccc3[nH]2)on1. The minimum atomic E-state index is -5.70. The number of para-hydroxylation sites is 2. The maximum atomic E-state index is 12.8. The fourth-order valence-corrected chi connectivity index (χ4v) is 1.75. The van der Waals surface area contributed by atoms with Crippen LogP contribution in [0.5, 0.6) is 5.88 Å². The fourth-order valence-electron chi connectivity index (χ4n) is 1.75. The zero-order chi connectivity index (χ0) is 16.7. The number of H-pyrrole nitrogens is 1. The number of hydrogen-bond donors (Lipinski definition) is 1. The third-order valence-corrected chi connectivity index (χ3v) is 2.93. The molecule has 23 heavy (non-hydrogen) atoms. The van der Waals surface area contributed by atoms with Gasteiger partial charge in [-0.1, -0.05) is 12.1 Å². The van der Waals surface area contributed by atoms with Crippen LogP contribution >= 0.6 is 0 Å². The minimum Gasteiger partial charge on any atom is -0.469 e. The number of nitrogens with one attached hydrogen (secondary N) is 1. The largest absolute Gasteiger partial charge is 0.469 e. The van der Waals surface area contributed by atoms with E-state index in [2.05, 4.69) is 19.9 Å². The van der Waals surface area contributed by atoms with Gasteiger partial charge in [0.15, 0.2) is 12.4 Å². The second-order valence-electron chi connectivity index (χ2n) is 4.62. The van der Waals surface area contributed by atoms with Gasteiger partial charge in [0.25, 0.3) is 5.88 Å². The van der Waals surface area contributed by atoms with Crippen molar-refractivity contribution in [2.45, 2.75) is 12.1 Å². The molecule has 5 nitrogen and oxygen atoms in total. The highest BCUT2D eigenvalue weighted by molar-refractivity contribution is 5.78. The number of imidazole rings is 1. The van der Waals surface area contributed by atoms with Gasteiger partial charge in [-0.15, -0.1) is 0 Å². The van der Waals surface area contributed by atoms with Gasteiger partial charge < -0.3 is 14.2 Å². The van der Waals surface area contributed by atoms with Crippen LogP contribution in [0.1, 0.15) is 0 Å². The highest BCUT2D eigenvalue weighted by atomic mass is 19.4. The molecule has 2 heterocycles. The number of ether oxygens (including phenoxy) is 1. The van der Waals surface area contributed by atoms with Crippen LogP contribution in [0.4, 0.5) is 22.0 Å². The number of halogens is 5. The first kappa shape index (κ1) is 15.3. The van der Waals surface area contributed by atoms with E-state index in [1.54, 1.807) is 24.3 Å². The number of fused-ring (bicyclic) bond motifs is 1. The van der Waals surface area contributed by atoms with Crippen molar-refractivity contribution in [1.29, 1.82) is 0 Å². The number of aromatic amines is 1. The number of hydrogen-bond acceptors (Lipinski definition) is 4. The van der Waals surface area contributed by atoms with Gasteiger partial charge in [0.1, 0.15) is 0 Å². The van der Waals surface area contributed by atoms with E-state index in [-0.39, 0.29) is 11.6 Å². The highest BCUT2D eigenvalue weighted by Crippen LogP contribution is 2.36. The first-order valence-electron chi connectivity index (χ1n) is 6.25. The number of alkyl halides is 5. The van der Waals surface area contributed by atoms with Crippen molar-refractivity contribution in [3.8, 4) is 17.5 Å². The van der Waals surface area contributed by atoms with Crippen LogP contribution in [0.2, 0.25) is 0 Å². The van der Waals surface area contributed by atoms with Crippen LogP contribution in [0, 0.1) is 0 Å². The van der Waals surface area contributed by atoms with Gasteiger partial charge in [-0.25, -0.2) is 4.98 Å². The van der Waals surface area contributed by atoms with Crippen LogP contribution in [0.25, 0.3) is 22.6 Å². The first-order chi connectivity index (χ1) is 10.8. The van der Waals surface area contributed by atoms with Crippen LogP contribution < -0.4 is 4.74 Å². The summed E-state index contributed by atoms with van der Waals surface area (Å²) in [6, 6.07) is 8.10. The molecule has 0 aliphatic heterocycles. The molecule has 0 bridgehead atoms. The topological polar surface area (TPSA) is 63.9 Å². The maximum absolute atomic E-state index is 12.8. The zero-order valence-electron chi connectivity index (χ0n) is 11.2. The highest BCUT2D eigenvalue weighted by Gasteiger charge is 2.58. The van der Waals surface area contributed by atoms with Crippen molar-refractivity contribution in [2.75, 3.05) is 6.61 Å². The lowest BCUT2D eigenvalue weighted by molar-refractivity contribution is -0.290. The Kier molecular flexibility index (Phi) is 3.46. The molecule has 0 fully saturated rings. The lowest BCUT2D eigenvalue weighted by atomic mass is 10.3. The van der Waals surface area contributed by atoms with Crippen LogP contribution in [0.15, 0.2) is 34.9 Å². The summed E-state index contributed by atoms with van der Waals surface area (Å²) < 4.78 is 70.8. The van der Waals surface area contributed by atoms with Gasteiger partial charge in [-0.2, -0.15) is 22.0 Å². The van der Waals surface area contributed by atoms with Gasteiger partial charge in [0.05, 0.1) is 17.1 Å². The van der Waals surface area contributed by atoms with E-state index in [9.17, 15) is 22.0 Å². The van der Waals surface area contributed by atoms with Crippen molar-refractivity contribution >= 4 is 11.0 Å². The van der Waals surface area contributed by atoms with Crippen LogP contribution in [-0.4, -0.2) is 33.8 Å². The van der Waals surface area contributed by atoms with E-state index < -0.39 is 24.6 Å². The van der Waals surface area contributed by atoms with E-state index in [1.807, 2.05) is 0 Å². The van der Waals surface area contributed by atoms with Gasteiger partial charge in [0.2, 0.25) is 5.76 Å². The van der Waals surface area contributed by atoms with E-state index in [0.29, 0.717) is 11.0 Å². The van der Waals surface area contributed by atoms with E-state index in [4.69, 9.17) is 4.52 Å². The molecule has 10 heteroatoms. The van der Waals surface area contributed by atoms with E-state index in [0.717, 1.165) is 6.07 Å². The number of benzene rings is 1. The molecule has 0 radical (unpaired) electrons. The Labute approximate surface area is 125 Å². The average Bonchev–Trinajstić information content (AvgIpc) is 3.10. The summed E-state index contributed by atoms with van der Waals surface area (Å²) in [6.07, 6.45) is -5.70. The zero-order valence-corrected chi connectivity index (χ0v) is 11.2. The first-order valence-corrected chi connectivity index (χ1v) is 6.25. The lowest BCUT2D eigenvalue weighted by Gasteiger charge is -2.18. The van der Waals surface area contributed by atoms with Crippen LogP contribution in [0.3, 0.4) is 0 Å². The van der Waals surface area contributed by atoms with Crippen LogP contribution in [-0.2, 0) is 0 Å². The Hall–Kier alpha value is -2.65. The average molecular weight is 333 g/mol. The molecule has 3 aromatic rings. The second kappa shape index (κ2) is 5.21. The molecule has 0 unspecified atom stereocenters. The summed E-state index contributed by atoms with van der Waals surface area (Å²) in [4.78, 5) is 7.06. The summed E-state index contributed by atoms with van der Waals surface area (Å²) in [7, 11) is 0. The molecule has 0 saturated carbocycles. The Morgan fingerprint density at radius 3 is 2.57 bits per heavy atom. The normalized spacial score (nSPS) is 12.7. The summed E-state index contributed by atoms with van der Waals surface area (Å²) in [6.45, 7) is -1.89. The Morgan fingerprint density at radius 1 is 1.13 bits per heavy atom. The molecule has 0 amide bonds. The smallest absolute Gasteiger partial charge is 0.456 e. The Bertz CT molecular complexity index is 791. The standard InChI is InChI=1S/C13H8F5N3O2/c14-12(15,13(16,17)18)6-22-10-5-9(23-21-10)11-19-7-3-1-2-4-8(7)20-11/h1-5H,6H2,(H,19,20). The summed E-state index contributed by atoms with van der Waals surface area (Å²) in [5.74, 6) is -5.18. The molecule has 1 aromatic carbocycles.